The minimum atomic E-state index is -0.510. The first-order valence-electron chi connectivity index (χ1n) is 7.60. The predicted octanol–water partition coefficient (Wildman–Crippen LogP) is 5.37. The molecule has 106 valence electrons. The van der Waals surface area contributed by atoms with Gasteiger partial charge in [0.15, 0.2) is 11.6 Å². The molecular weight excluding hydrogens is 251 g/mol. The lowest BCUT2D eigenvalue weighted by molar-refractivity contribution is 0.319. The molecule has 2 aromatic carbocycles. The van der Waals surface area contributed by atoms with Gasteiger partial charge in [0, 0.05) is 5.39 Å². The molecule has 2 aromatic rings. The number of halogens is 1. The van der Waals surface area contributed by atoms with Crippen LogP contribution in [0, 0.1) is 11.7 Å². The van der Waals surface area contributed by atoms with Gasteiger partial charge in [-0.1, -0.05) is 37.6 Å². The van der Waals surface area contributed by atoms with E-state index < -0.39 is 5.82 Å². The van der Waals surface area contributed by atoms with E-state index in [0.717, 1.165) is 11.3 Å². The third-order valence-corrected chi connectivity index (χ3v) is 4.85. The lowest BCUT2D eigenvalue weighted by atomic mass is 9.77. The summed E-state index contributed by atoms with van der Waals surface area (Å²) in [6.45, 7) is 2.27. The van der Waals surface area contributed by atoms with Crippen LogP contribution in [0.25, 0.3) is 10.8 Å². The second-order valence-electron chi connectivity index (χ2n) is 6.01. The molecule has 0 aromatic heterocycles. The van der Waals surface area contributed by atoms with E-state index >= 15 is 0 Å². The summed E-state index contributed by atoms with van der Waals surface area (Å²) >= 11 is 0. The maximum atomic E-state index is 13.8. The third kappa shape index (κ3) is 2.39. The highest BCUT2D eigenvalue weighted by Crippen LogP contribution is 2.38. The molecule has 0 heterocycles. The Hall–Kier alpha value is -1.57. The Bertz CT molecular complexity index is 612. The molecule has 1 aliphatic carbocycles. The average molecular weight is 272 g/mol. The maximum Gasteiger partial charge on any atom is 0.172 e. The molecule has 1 saturated carbocycles. The first-order valence-corrected chi connectivity index (χ1v) is 7.60. The van der Waals surface area contributed by atoms with Crippen LogP contribution < -0.4 is 0 Å². The van der Waals surface area contributed by atoms with Gasteiger partial charge in [-0.05, 0) is 54.5 Å². The van der Waals surface area contributed by atoms with E-state index in [1.165, 1.54) is 43.7 Å². The molecule has 0 saturated heterocycles. The molecule has 0 unspecified atom stereocenters. The highest BCUT2D eigenvalue weighted by Gasteiger charge is 2.21. The van der Waals surface area contributed by atoms with Gasteiger partial charge in [0.25, 0.3) is 0 Å². The van der Waals surface area contributed by atoms with Crippen molar-refractivity contribution in [3.05, 3.63) is 41.7 Å². The van der Waals surface area contributed by atoms with Gasteiger partial charge in [0.05, 0.1) is 0 Å². The fourth-order valence-electron chi connectivity index (χ4n) is 3.46. The summed E-state index contributed by atoms with van der Waals surface area (Å²) in [6, 6.07) is 9.17. The first kappa shape index (κ1) is 13.4. The van der Waals surface area contributed by atoms with E-state index in [2.05, 4.69) is 13.0 Å². The Labute approximate surface area is 119 Å². The zero-order valence-corrected chi connectivity index (χ0v) is 11.9. The summed E-state index contributed by atoms with van der Waals surface area (Å²) < 4.78 is 13.8. The largest absolute Gasteiger partial charge is 0.505 e. The van der Waals surface area contributed by atoms with Crippen LogP contribution in [0.3, 0.4) is 0 Å². The van der Waals surface area contributed by atoms with Crippen molar-refractivity contribution in [2.45, 2.75) is 44.9 Å². The number of fused-ring (bicyclic) bond motifs is 1. The smallest absolute Gasteiger partial charge is 0.172 e. The molecule has 1 N–H and O–H groups in total. The lowest BCUT2D eigenvalue weighted by Crippen LogP contribution is -2.12. The Balaban J connectivity index is 1.88. The van der Waals surface area contributed by atoms with Gasteiger partial charge >= 0.3 is 0 Å². The highest BCUT2D eigenvalue weighted by molar-refractivity contribution is 5.85. The van der Waals surface area contributed by atoms with Crippen molar-refractivity contribution in [1.29, 1.82) is 0 Å². The van der Waals surface area contributed by atoms with Gasteiger partial charge in [-0.2, -0.15) is 0 Å². The fourth-order valence-corrected chi connectivity index (χ4v) is 3.46. The summed E-state index contributed by atoms with van der Waals surface area (Å²) in [5.41, 5.74) is 1.32. The predicted molar refractivity (Wildman–Crippen MR) is 80.6 cm³/mol. The summed E-state index contributed by atoms with van der Waals surface area (Å²) in [5.74, 6) is 0.720. The molecule has 0 aliphatic heterocycles. The van der Waals surface area contributed by atoms with Gasteiger partial charge < -0.3 is 5.11 Å². The molecule has 0 amide bonds. The molecule has 0 spiro atoms. The van der Waals surface area contributed by atoms with Crippen molar-refractivity contribution >= 4 is 10.8 Å². The summed E-state index contributed by atoms with van der Waals surface area (Å²) in [4.78, 5) is 0. The van der Waals surface area contributed by atoms with Gasteiger partial charge in [-0.15, -0.1) is 0 Å². The lowest BCUT2D eigenvalue weighted by Gasteiger charge is -2.28. The van der Waals surface area contributed by atoms with Crippen LogP contribution in [0.4, 0.5) is 4.39 Å². The number of hydrogen-bond acceptors (Lipinski definition) is 1. The van der Waals surface area contributed by atoms with Gasteiger partial charge in [0.1, 0.15) is 0 Å². The highest BCUT2D eigenvalue weighted by atomic mass is 19.1. The normalized spacial score (nSPS) is 23.1. The topological polar surface area (TPSA) is 20.2 Å². The average Bonchev–Trinajstić information content (AvgIpc) is 2.51. The zero-order chi connectivity index (χ0) is 14.1. The number of benzene rings is 2. The Morgan fingerprint density at radius 2 is 1.85 bits per heavy atom. The standard InChI is InChI=1S/C18H21FO/c1-2-12-3-5-13(6-4-12)14-7-9-16-15(11-14)8-10-17(20)18(16)19/h7-13,20H,2-6H2,1H3. The Kier molecular flexibility index (Phi) is 3.64. The number of hydrogen-bond donors (Lipinski definition) is 1. The quantitative estimate of drug-likeness (QED) is 0.779. The summed E-state index contributed by atoms with van der Waals surface area (Å²) in [7, 11) is 0. The van der Waals surface area contributed by atoms with Crippen LogP contribution in [0.2, 0.25) is 0 Å². The van der Waals surface area contributed by atoms with Crippen LogP contribution in [0.5, 0.6) is 5.75 Å². The Morgan fingerprint density at radius 3 is 2.55 bits per heavy atom. The van der Waals surface area contributed by atoms with Crippen LogP contribution in [-0.2, 0) is 0 Å². The second-order valence-corrected chi connectivity index (χ2v) is 6.01. The van der Waals surface area contributed by atoms with Crippen molar-refractivity contribution in [3.63, 3.8) is 0 Å². The molecule has 1 nitrogen and oxygen atoms in total. The van der Waals surface area contributed by atoms with E-state index in [0.29, 0.717) is 11.3 Å². The van der Waals surface area contributed by atoms with Gasteiger partial charge in [0.2, 0.25) is 0 Å². The number of phenols is 1. The maximum absolute atomic E-state index is 13.8. The first-order chi connectivity index (χ1) is 9.69. The van der Waals surface area contributed by atoms with Crippen molar-refractivity contribution in [1.82, 2.24) is 0 Å². The minimum Gasteiger partial charge on any atom is -0.505 e. The SMILES string of the molecule is CCC1CCC(c2ccc3c(F)c(O)ccc3c2)CC1. The van der Waals surface area contributed by atoms with E-state index in [4.69, 9.17) is 0 Å². The summed E-state index contributed by atoms with van der Waals surface area (Å²) in [6.07, 6.45) is 6.39. The third-order valence-electron chi connectivity index (χ3n) is 4.85. The van der Waals surface area contributed by atoms with Crippen molar-refractivity contribution < 1.29 is 9.50 Å². The van der Waals surface area contributed by atoms with Crippen molar-refractivity contribution in [3.8, 4) is 5.75 Å². The van der Waals surface area contributed by atoms with Crippen molar-refractivity contribution in [2.75, 3.05) is 0 Å². The van der Waals surface area contributed by atoms with Crippen LogP contribution >= 0.6 is 0 Å². The monoisotopic (exact) mass is 272 g/mol. The Morgan fingerprint density at radius 1 is 1.10 bits per heavy atom. The van der Waals surface area contributed by atoms with Crippen LogP contribution in [-0.4, -0.2) is 5.11 Å². The zero-order valence-electron chi connectivity index (χ0n) is 11.9. The molecule has 0 atom stereocenters. The second kappa shape index (κ2) is 5.43. The minimum absolute atomic E-state index is 0.270. The number of rotatable bonds is 2. The molecular formula is C18H21FO. The van der Waals surface area contributed by atoms with Gasteiger partial charge in [-0.25, -0.2) is 4.39 Å². The molecule has 2 heteroatoms. The molecule has 20 heavy (non-hydrogen) atoms. The summed E-state index contributed by atoms with van der Waals surface area (Å²) in [5, 5.41) is 10.8. The van der Waals surface area contributed by atoms with Crippen LogP contribution in [0.15, 0.2) is 30.3 Å². The van der Waals surface area contributed by atoms with E-state index in [1.807, 2.05) is 12.1 Å². The molecule has 1 fully saturated rings. The molecule has 0 bridgehead atoms. The fraction of sp³-hybridized carbons (Fsp3) is 0.444. The number of phenolic OH excluding ortho intramolecular Hbond substituents is 1. The van der Waals surface area contributed by atoms with Crippen LogP contribution in [0.1, 0.15) is 50.5 Å². The molecule has 0 radical (unpaired) electrons. The van der Waals surface area contributed by atoms with Crippen molar-refractivity contribution in [2.24, 2.45) is 5.92 Å². The van der Waals surface area contributed by atoms with Gasteiger partial charge in [-0.3, -0.25) is 0 Å². The molecule has 1 aliphatic rings. The molecule has 3 rings (SSSR count). The number of aromatic hydroxyl groups is 1. The van der Waals surface area contributed by atoms with E-state index in [-0.39, 0.29) is 5.75 Å². The van der Waals surface area contributed by atoms with E-state index in [9.17, 15) is 9.50 Å². The van der Waals surface area contributed by atoms with E-state index in [1.54, 1.807) is 6.07 Å².